The SMILES string of the molecule is C=CCn1c(SCC(=O)N2CCOCC2)nnc1C(C)Oc1ccc(C(C)C)cc1. The molecule has 7 nitrogen and oxygen atoms in total. The fraction of sp³-hybridized carbons (Fsp3) is 0.500. The number of morpholine rings is 1. The van der Waals surface area contributed by atoms with Gasteiger partial charge in [-0.1, -0.05) is 43.8 Å². The molecular formula is C22H30N4O3S. The largest absolute Gasteiger partial charge is 0.483 e. The molecule has 8 heteroatoms. The molecule has 1 saturated heterocycles. The molecule has 2 aromatic rings. The molecular weight excluding hydrogens is 400 g/mol. The Hall–Kier alpha value is -2.32. The van der Waals surface area contributed by atoms with Gasteiger partial charge >= 0.3 is 0 Å². The number of carbonyl (C=O) groups is 1. The van der Waals surface area contributed by atoms with Gasteiger partial charge in [0, 0.05) is 19.6 Å². The summed E-state index contributed by atoms with van der Waals surface area (Å²) in [6.07, 6.45) is 1.51. The van der Waals surface area contributed by atoms with E-state index in [-0.39, 0.29) is 12.0 Å². The number of rotatable bonds is 9. The molecule has 1 aromatic heterocycles. The van der Waals surface area contributed by atoms with Gasteiger partial charge < -0.3 is 14.4 Å². The fourth-order valence-electron chi connectivity index (χ4n) is 3.23. The molecule has 0 spiro atoms. The van der Waals surface area contributed by atoms with E-state index >= 15 is 0 Å². The third kappa shape index (κ3) is 5.64. The summed E-state index contributed by atoms with van der Waals surface area (Å²) in [5.41, 5.74) is 1.27. The van der Waals surface area contributed by atoms with Crippen LogP contribution in [-0.4, -0.2) is 57.6 Å². The number of thioether (sulfide) groups is 1. The molecule has 1 aliphatic heterocycles. The molecule has 1 fully saturated rings. The van der Waals surface area contributed by atoms with Crippen molar-refractivity contribution in [2.24, 2.45) is 0 Å². The Kier molecular flexibility index (Phi) is 7.93. The molecule has 1 aliphatic rings. The van der Waals surface area contributed by atoms with Gasteiger partial charge in [0.15, 0.2) is 17.1 Å². The summed E-state index contributed by atoms with van der Waals surface area (Å²) in [7, 11) is 0. The maximum Gasteiger partial charge on any atom is 0.233 e. The van der Waals surface area contributed by atoms with Gasteiger partial charge in [-0.25, -0.2) is 0 Å². The zero-order valence-corrected chi connectivity index (χ0v) is 18.7. The van der Waals surface area contributed by atoms with Gasteiger partial charge in [0.1, 0.15) is 5.75 Å². The quantitative estimate of drug-likeness (QED) is 0.447. The summed E-state index contributed by atoms with van der Waals surface area (Å²) in [5, 5.41) is 9.34. The van der Waals surface area contributed by atoms with E-state index in [4.69, 9.17) is 9.47 Å². The number of benzene rings is 1. The molecule has 30 heavy (non-hydrogen) atoms. The van der Waals surface area contributed by atoms with Crippen molar-refractivity contribution in [1.82, 2.24) is 19.7 Å². The zero-order valence-electron chi connectivity index (χ0n) is 17.9. The van der Waals surface area contributed by atoms with Crippen LogP contribution in [0.3, 0.4) is 0 Å². The molecule has 1 amide bonds. The number of aromatic nitrogens is 3. The van der Waals surface area contributed by atoms with Crippen LogP contribution in [0, 0.1) is 0 Å². The molecule has 0 N–H and O–H groups in total. The minimum atomic E-state index is -0.286. The van der Waals surface area contributed by atoms with E-state index in [0.29, 0.717) is 55.5 Å². The molecule has 1 unspecified atom stereocenters. The number of allylic oxidation sites excluding steroid dienone is 1. The number of ether oxygens (including phenoxy) is 2. The van der Waals surface area contributed by atoms with Gasteiger partial charge in [0.25, 0.3) is 0 Å². The predicted octanol–water partition coefficient (Wildman–Crippen LogP) is 3.68. The van der Waals surface area contributed by atoms with Gasteiger partial charge in [0.2, 0.25) is 5.91 Å². The maximum atomic E-state index is 12.4. The summed E-state index contributed by atoms with van der Waals surface area (Å²) in [6, 6.07) is 8.13. The Morgan fingerprint density at radius 3 is 2.57 bits per heavy atom. The molecule has 1 aromatic carbocycles. The van der Waals surface area contributed by atoms with Gasteiger partial charge in [-0.15, -0.1) is 16.8 Å². The first-order valence-corrected chi connectivity index (χ1v) is 11.3. The Morgan fingerprint density at radius 1 is 1.23 bits per heavy atom. The van der Waals surface area contributed by atoms with Crippen molar-refractivity contribution in [2.45, 2.75) is 44.5 Å². The molecule has 2 heterocycles. The van der Waals surface area contributed by atoms with Crippen molar-refractivity contribution in [3.63, 3.8) is 0 Å². The van der Waals surface area contributed by atoms with Gasteiger partial charge in [-0.3, -0.25) is 9.36 Å². The number of hydrogen-bond donors (Lipinski definition) is 0. The highest BCUT2D eigenvalue weighted by Crippen LogP contribution is 2.26. The molecule has 1 atom stereocenters. The van der Waals surface area contributed by atoms with E-state index < -0.39 is 0 Å². The average Bonchev–Trinajstić information content (AvgIpc) is 3.16. The average molecular weight is 431 g/mol. The van der Waals surface area contributed by atoms with E-state index in [1.165, 1.54) is 17.3 Å². The summed E-state index contributed by atoms with van der Waals surface area (Å²) in [4.78, 5) is 14.3. The zero-order chi connectivity index (χ0) is 21.5. The summed E-state index contributed by atoms with van der Waals surface area (Å²) < 4.78 is 13.4. The van der Waals surface area contributed by atoms with Crippen LogP contribution >= 0.6 is 11.8 Å². The second-order valence-corrected chi connectivity index (χ2v) is 8.45. The predicted molar refractivity (Wildman–Crippen MR) is 118 cm³/mol. The van der Waals surface area contributed by atoms with E-state index in [9.17, 15) is 4.79 Å². The Bertz CT molecular complexity index is 845. The summed E-state index contributed by atoms with van der Waals surface area (Å²) in [6.45, 7) is 13.2. The van der Waals surface area contributed by atoms with Crippen LogP contribution in [0.25, 0.3) is 0 Å². The molecule has 162 valence electrons. The van der Waals surface area contributed by atoms with E-state index in [1.54, 1.807) is 6.08 Å². The minimum absolute atomic E-state index is 0.0903. The van der Waals surface area contributed by atoms with Crippen LogP contribution in [-0.2, 0) is 16.1 Å². The highest BCUT2D eigenvalue weighted by molar-refractivity contribution is 7.99. The third-order valence-corrected chi connectivity index (χ3v) is 5.92. The van der Waals surface area contributed by atoms with Crippen molar-refractivity contribution >= 4 is 17.7 Å². The standard InChI is InChI=1S/C22H30N4O3S/c1-5-10-26-21(17(4)29-19-8-6-18(7-9-19)16(2)3)23-24-22(26)30-15-20(27)25-11-13-28-14-12-25/h5-9,16-17H,1,10-15H2,2-4H3. The second kappa shape index (κ2) is 10.6. The lowest BCUT2D eigenvalue weighted by atomic mass is 10.0. The van der Waals surface area contributed by atoms with Crippen LogP contribution in [0.15, 0.2) is 42.1 Å². The molecule has 0 aliphatic carbocycles. The Balaban J connectivity index is 1.66. The fourth-order valence-corrected chi connectivity index (χ4v) is 4.08. The third-order valence-electron chi connectivity index (χ3n) is 4.97. The van der Waals surface area contributed by atoms with Crippen LogP contribution in [0.1, 0.15) is 44.2 Å². The Labute approximate surface area is 182 Å². The van der Waals surface area contributed by atoms with Gasteiger partial charge in [-0.2, -0.15) is 0 Å². The monoisotopic (exact) mass is 430 g/mol. The molecule has 3 rings (SSSR count). The highest BCUT2D eigenvalue weighted by atomic mass is 32.2. The second-order valence-electron chi connectivity index (χ2n) is 7.51. The van der Waals surface area contributed by atoms with E-state index in [2.05, 4.69) is 42.8 Å². The van der Waals surface area contributed by atoms with Crippen molar-refractivity contribution in [1.29, 1.82) is 0 Å². The maximum absolute atomic E-state index is 12.4. The van der Waals surface area contributed by atoms with Crippen molar-refractivity contribution in [3.8, 4) is 5.75 Å². The Morgan fingerprint density at radius 2 is 1.93 bits per heavy atom. The van der Waals surface area contributed by atoms with Gasteiger partial charge in [0.05, 0.1) is 19.0 Å². The lowest BCUT2D eigenvalue weighted by Crippen LogP contribution is -2.41. The van der Waals surface area contributed by atoms with E-state index in [1.807, 2.05) is 28.5 Å². The first-order chi connectivity index (χ1) is 14.5. The lowest BCUT2D eigenvalue weighted by molar-refractivity contribution is -0.132. The van der Waals surface area contributed by atoms with Crippen LogP contribution < -0.4 is 4.74 Å². The van der Waals surface area contributed by atoms with E-state index in [0.717, 1.165) is 5.75 Å². The summed E-state index contributed by atoms with van der Waals surface area (Å²) in [5.74, 6) is 2.39. The first kappa shape index (κ1) is 22.4. The first-order valence-electron chi connectivity index (χ1n) is 10.3. The summed E-state index contributed by atoms with van der Waals surface area (Å²) >= 11 is 1.39. The van der Waals surface area contributed by atoms with Crippen molar-refractivity contribution in [3.05, 3.63) is 48.3 Å². The number of carbonyl (C=O) groups excluding carboxylic acids is 1. The highest BCUT2D eigenvalue weighted by Gasteiger charge is 2.22. The number of nitrogens with zero attached hydrogens (tertiary/aromatic N) is 4. The van der Waals surface area contributed by atoms with Crippen LogP contribution in [0.2, 0.25) is 0 Å². The molecule has 0 radical (unpaired) electrons. The molecule has 0 saturated carbocycles. The topological polar surface area (TPSA) is 69.5 Å². The van der Waals surface area contributed by atoms with Crippen LogP contribution in [0.5, 0.6) is 5.75 Å². The lowest BCUT2D eigenvalue weighted by Gasteiger charge is -2.26. The van der Waals surface area contributed by atoms with Gasteiger partial charge in [-0.05, 0) is 30.5 Å². The van der Waals surface area contributed by atoms with Crippen molar-refractivity contribution in [2.75, 3.05) is 32.1 Å². The number of hydrogen-bond acceptors (Lipinski definition) is 6. The number of amides is 1. The van der Waals surface area contributed by atoms with Crippen molar-refractivity contribution < 1.29 is 14.3 Å². The smallest absolute Gasteiger partial charge is 0.233 e. The van der Waals surface area contributed by atoms with Crippen LogP contribution in [0.4, 0.5) is 0 Å². The normalized spacial score (nSPS) is 15.3. The minimum Gasteiger partial charge on any atom is -0.483 e. The molecule has 0 bridgehead atoms.